The smallest absolute Gasteiger partial charge is 0.338 e. The number of rotatable bonds is 13. The fraction of sp³-hybridized carbons (Fsp3) is 0.282. The third kappa shape index (κ3) is 9.97. The van der Waals surface area contributed by atoms with Gasteiger partial charge in [0.1, 0.15) is 12.7 Å². The van der Waals surface area contributed by atoms with E-state index in [9.17, 15) is 19.2 Å². The minimum atomic E-state index is -1.61. The lowest BCUT2D eigenvalue weighted by Crippen LogP contribution is -2.63. The highest BCUT2D eigenvalue weighted by atomic mass is 28.3. The summed E-state index contributed by atoms with van der Waals surface area (Å²) in [5.74, 6) is -2.90. The Hall–Kier alpha value is -5.10. The number of carbonyl (C=O) groups is 4. The van der Waals surface area contributed by atoms with Gasteiger partial charge < -0.3 is 28.4 Å². The van der Waals surface area contributed by atoms with Gasteiger partial charge in [-0.1, -0.05) is 92.4 Å². The minimum absolute atomic E-state index is 0.212. The summed E-state index contributed by atoms with van der Waals surface area (Å²) in [6, 6.07) is 33.9. The summed E-state index contributed by atoms with van der Waals surface area (Å²) in [5, 5.41) is 0. The lowest BCUT2D eigenvalue weighted by Gasteiger charge is -2.44. The third-order valence-corrected chi connectivity index (χ3v) is 9.58. The number of hydrogen-bond acceptors (Lipinski definition) is 10. The van der Waals surface area contributed by atoms with E-state index in [0.29, 0.717) is 5.56 Å². The van der Waals surface area contributed by atoms with Crippen LogP contribution in [0.2, 0.25) is 25.7 Å². The van der Waals surface area contributed by atoms with Gasteiger partial charge in [0.2, 0.25) is 0 Å². The largest absolute Gasteiger partial charge is 0.459 e. The molecule has 260 valence electrons. The first-order valence-electron chi connectivity index (χ1n) is 16.4. The van der Waals surface area contributed by atoms with Gasteiger partial charge >= 0.3 is 23.9 Å². The quantitative estimate of drug-likeness (QED) is 0.0858. The number of benzene rings is 4. The molecule has 1 aliphatic rings. The van der Waals surface area contributed by atoms with Gasteiger partial charge in [0.25, 0.3) is 0 Å². The van der Waals surface area contributed by atoms with E-state index in [2.05, 4.69) is 19.6 Å². The van der Waals surface area contributed by atoms with Crippen LogP contribution in [0.1, 0.15) is 41.4 Å². The Morgan fingerprint density at radius 1 is 0.540 bits per heavy atom. The summed E-state index contributed by atoms with van der Waals surface area (Å²) < 4.78 is 36.4. The second-order valence-electron chi connectivity index (χ2n) is 12.9. The normalized spacial score (nSPS) is 20.3. The van der Waals surface area contributed by atoms with Gasteiger partial charge in [0, 0.05) is 14.7 Å². The van der Waals surface area contributed by atoms with Crippen molar-refractivity contribution in [1.29, 1.82) is 0 Å². The standard InChI is InChI=1S/C39H40O10Si/c1-50(2,3)25-24-44-39-34(49-38(43)30-22-14-7-15-23-30)33(48-37(42)29-20-12-6-13-21-29)32(47-36(41)28-18-10-5-11-19-28)31(46-39)26-45-35(40)27-16-8-4-9-17-27/h4-23,31-34,39H,24-26H2,1-3H3/t31-,32+,33+,34-,39-/m1/s1. The molecule has 1 saturated heterocycles. The van der Waals surface area contributed by atoms with Crippen LogP contribution in [0.5, 0.6) is 0 Å². The molecule has 0 spiro atoms. The number of carbonyl (C=O) groups excluding carboxylic acids is 4. The minimum Gasteiger partial charge on any atom is -0.459 e. The van der Waals surface area contributed by atoms with E-state index in [1.165, 1.54) is 0 Å². The second-order valence-corrected chi connectivity index (χ2v) is 18.5. The maximum Gasteiger partial charge on any atom is 0.338 e. The number of hydrogen-bond donors (Lipinski definition) is 0. The van der Waals surface area contributed by atoms with Crippen LogP contribution in [0.3, 0.4) is 0 Å². The first-order valence-corrected chi connectivity index (χ1v) is 20.1. The highest BCUT2D eigenvalue weighted by Crippen LogP contribution is 2.32. The van der Waals surface area contributed by atoms with E-state index in [0.717, 1.165) is 6.04 Å². The fourth-order valence-corrected chi connectivity index (χ4v) is 5.87. The SMILES string of the molecule is C[Si](C)(C)CCO[C@@H]1O[C@H](COC(=O)c2ccccc2)[C@H](OC(=O)c2ccccc2)[C@H](OC(=O)c2ccccc2)[C@H]1OC(=O)c1ccccc1. The molecule has 1 fully saturated rings. The average Bonchev–Trinajstić information content (AvgIpc) is 3.13. The summed E-state index contributed by atoms with van der Waals surface area (Å²) >= 11 is 0. The Balaban J connectivity index is 1.54. The molecule has 5 rings (SSSR count). The molecule has 4 aromatic carbocycles. The summed E-state index contributed by atoms with van der Waals surface area (Å²) in [6.07, 6.45) is -6.75. The van der Waals surface area contributed by atoms with E-state index in [1.54, 1.807) is 121 Å². The van der Waals surface area contributed by atoms with Crippen LogP contribution in [-0.4, -0.2) is 75.9 Å². The molecule has 0 aliphatic carbocycles. The molecule has 0 aromatic heterocycles. The molecule has 0 bridgehead atoms. The highest BCUT2D eigenvalue weighted by Gasteiger charge is 2.53. The van der Waals surface area contributed by atoms with Crippen molar-refractivity contribution in [2.24, 2.45) is 0 Å². The Kier molecular flexibility index (Phi) is 12.3. The van der Waals surface area contributed by atoms with Gasteiger partial charge in [0.15, 0.2) is 24.6 Å². The van der Waals surface area contributed by atoms with Gasteiger partial charge in [-0.25, -0.2) is 19.2 Å². The average molecular weight is 697 g/mol. The van der Waals surface area contributed by atoms with E-state index in [1.807, 2.05) is 0 Å². The molecule has 4 aromatic rings. The maximum absolute atomic E-state index is 13.7. The van der Waals surface area contributed by atoms with E-state index in [-0.39, 0.29) is 23.3 Å². The molecular weight excluding hydrogens is 657 g/mol. The van der Waals surface area contributed by atoms with Gasteiger partial charge in [-0.05, 0) is 54.6 Å². The van der Waals surface area contributed by atoms with Crippen LogP contribution in [0, 0.1) is 0 Å². The lowest BCUT2D eigenvalue weighted by molar-refractivity contribution is -0.297. The molecule has 5 atom stereocenters. The van der Waals surface area contributed by atoms with Gasteiger partial charge in [0.05, 0.1) is 22.3 Å². The summed E-state index contributed by atoms with van der Waals surface area (Å²) in [7, 11) is -1.61. The highest BCUT2D eigenvalue weighted by molar-refractivity contribution is 6.76. The fourth-order valence-electron chi connectivity index (χ4n) is 5.14. The molecule has 0 radical (unpaired) electrons. The third-order valence-electron chi connectivity index (χ3n) is 7.87. The van der Waals surface area contributed by atoms with Crippen molar-refractivity contribution >= 4 is 32.0 Å². The molecular formula is C39H40O10Si. The molecule has 0 saturated carbocycles. The molecule has 1 heterocycles. The van der Waals surface area contributed by atoms with Crippen molar-refractivity contribution in [3.63, 3.8) is 0 Å². The molecule has 0 amide bonds. The lowest BCUT2D eigenvalue weighted by atomic mass is 9.97. The Bertz CT molecular complexity index is 1710. The topological polar surface area (TPSA) is 124 Å². The van der Waals surface area contributed by atoms with Crippen LogP contribution in [-0.2, 0) is 28.4 Å². The van der Waals surface area contributed by atoms with E-state index >= 15 is 0 Å². The predicted molar refractivity (Wildman–Crippen MR) is 186 cm³/mol. The molecule has 0 N–H and O–H groups in total. The number of esters is 4. The monoisotopic (exact) mass is 696 g/mol. The van der Waals surface area contributed by atoms with E-state index in [4.69, 9.17) is 28.4 Å². The second kappa shape index (κ2) is 17.0. The van der Waals surface area contributed by atoms with Crippen molar-refractivity contribution in [3.8, 4) is 0 Å². The van der Waals surface area contributed by atoms with Gasteiger partial charge in [-0.3, -0.25) is 0 Å². The van der Waals surface area contributed by atoms with Crippen LogP contribution in [0.4, 0.5) is 0 Å². The zero-order valence-corrected chi connectivity index (χ0v) is 29.1. The zero-order chi connectivity index (χ0) is 35.5. The molecule has 0 unspecified atom stereocenters. The van der Waals surface area contributed by atoms with Crippen LogP contribution in [0.15, 0.2) is 121 Å². The molecule has 10 nitrogen and oxygen atoms in total. The number of ether oxygens (including phenoxy) is 6. The van der Waals surface area contributed by atoms with Gasteiger partial charge in [-0.2, -0.15) is 0 Å². The summed E-state index contributed by atoms with van der Waals surface area (Å²) in [6.45, 7) is 6.37. The van der Waals surface area contributed by atoms with Crippen LogP contribution < -0.4 is 0 Å². The molecule has 50 heavy (non-hydrogen) atoms. The van der Waals surface area contributed by atoms with Crippen molar-refractivity contribution in [3.05, 3.63) is 144 Å². The maximum atomic E-state index is 13.7. The van der Waals surface area contributed by atoms with Crippen molar-refractivity contribution < 1.29 is 47.6 Å². The van der Waals surface area contributed by atoms with E-state index < -0.39 is 69.3 Å². The molecule has 11 heteroatoms. The van der Waals surface area contributed by atoms with Crippen molar-refractivity contribution in [1.82, 2.24) is 0 Å². The van der Waals surface area contributed by atoms with Crippen LogP contribution in [0.25, 0.3) is 0 Å². The Labute approximate surface area is 292 Å². The Morgan fingerprint density at radius 3 is 1.34 bits per heavy atom. The van der Waals surface area contributed by atoms with Gasteiger partial charge in [-0.15, -0.1) is 0 Å². The van der Waals surface area contributed by atoms with Crippen molar-refractivity contribution in [2.75, 3.05) is 13.2 Å². The van der Waals surface area contributed by atoms with Crippen LogP contribution >= 0.6 is 0 Å². The first-order chi connectivity index (χ1) is 24.1. The predicted octanol–water partition coefficient (Wildman–Crippen LogP) is 6.60. The van der Waals surface area contributed by atoms with Crippen molar-refractivity contribution in [2.45, 2.75) is 56.4 Å². The Morgan fingerprint density at radius 2 is 0.920 bits per heavy atom. The summed E-state index contributed by atoms with van der Waals surface area (Å²) in [5.41, 5.74) is 0.958. The first kappa shape index (κ1) is 36.2. The zero-order valence-electron chi connectivity index (χ0n) is 28.1. The molecule has 1 aliphatic heterocycles. The summed E-state index contributed by atoms with van der Waals surface area (Å²) in [4.78, 5) is 53.8.